The van der Waals surface area contributed by atoms with E-state index in [-0.39, 0.29) is 11.6 Å². The van der Waals surface area contributed by atoms with Crippen LogP contribution in [0, 0.1) is 10.1 Å². The lowest BCUT2D eigenvalue weighted by Gasteiger charge is -2.09. The van der Waals surface area contributed by atoms with E-state index in [0.29, 0.717) is 21.8 Å². The molecule has 18 heavy (non-hydrogen) atoms. The van der Waals surface area contributed by atoms with Crippen LogP contribution in [0.1, 0.15) is 17.3 Å². The molecule has 1 rings (SSSR count). The van der Waals surface area contributed by atoms with Crippen LogP contribution in [0.4, 0.5) is 5.69 Å². The first-order valence-electron chi connectivity index (χ1n) is 5.20. The van der Waals surface area contributed by atoms with Crippen LogP contribution in [0.15, 0.2) is 22.7 Å². The number of nitro groups is 1. The largest absolute Gasteiger partial charge is 0.351 e. The number of amides is 1. The molecule has 0 aliphatic carbocycles. The number of hydrogen-bond donors (Lipinski definition) is 1. The maximum Gasteiger partial charge on any atom is 0.284 e. The van der Waals surface area contributed by atoms with Gasteiger partial charge in [-0.05, 0) is 34.3 Å². The zero-order chi connectivity index (χ0) is 13.7. The van der Waals surface area contributed by atoms with Crippen LogP contribution in [0.5, 0.6) is 0 Å². The fourth-order valence-electron chi connectivity index (χ4n) is 1.22. The smallest absolute Gasteiger partial charge is 0.284 e. The number of benzene rings is 1. The summed E-state index contributed by atoms with van der Waals surface area (Å²) < 4.78 is 0.363. The van der Waals surface area contributed by atoms with Crippen LogP contribution < -0.4 is 5.32 Å². The van der Waals surface area contributed by atoms with E-state index in [1.54, 1.807) is 17.8 Å². The highest BCUT2D eigenvalue weighted by atomic mass is 79.9. The molecule has 0 radical (unpaired) electrons. The van der Waals surface area contributed by atoms with Crippen molar-refractivity contribution in [3.8, 4) is 0 Å². The van der Waals surface area contributed by atoms with Crippen molar-refractivity contribution in [2.75, 3.05) is 12.8 Å². The number of carbonyl (C=O) groups excluding carboxylic acids is 1. The lowest BCUT2D eigenvalue weighted by molar-refractivity contribution is -0.385. The molecule has 1 amide bonds. The zero-order valence-electron chi connectivity index (χ0n) is 9.97. The van der Waals surface area contributed by atoms with Crippen molar-refractivity contribution in [3.05, 3.63) is 38.3 Å². The Balaban J connectivity index is 2.80. The maximum absolute atomic E-state index is 11.8. The standard InChI is InChI=1S/C11H13BrN2O3S/c1-7(18-2)6-13-11(15)8-3-4-9(12)10(5-8)14(16)17/h3-5,7H,6H2,1-2H3,(H,13,15). The van der Waals surface area contributed by atoms with Gasteiger partial charge in [-0.2, -0.15) is 11.8 Å². The molecule has 98 valence electrons. The molecule has 0 spiro atoms. The van der Waals surface area contributed by atoms with Gasteiger partial charge in [0.05, 0.1) is 9.40 Å². The number of nitrogens with one attached hydrogen (secondary N) is 1. The molecule has 7 heteroatoms. The molecule has 0 saturated carbocycles. The fourth-order valence-corrected chi connectivity index (χ4v) is 1.86. The van der Waals surface area contributed by atoms with Crippen LogP contribution in [-0.2, 0) is 0 Å². The third-order valence-electron chi connectivity index (χ3n) is 2.36. The monoisotopic (exact) mass is 332 g/mol. The number of halogens is 1. The Morgan fingerprint density at radius 3 is 2.83 bits per heavy atom. The van der Waals surface area contributed by atoms with Crippen LogP contribution in [0.2, 0.25) is 0 Å². The van der Waals surface area contributed by atoms with Gasteiger partial charge in [-0.25, -0.2) is 0 Å². The summed E-state index contributed by atoms with van der Waals surface area (Å²) in [6.07, 6.45) is 1.96. The van der Waals surface area contributed by atoms with Crippen LogP contribution in [0.3, 0.4) is 0 Å². The molecular formula is C11H13BrN2O3S. The number of nitro benzene ring substituents is 1. The van der Waals surface area contributed by atoms with Crippen molar-refractivity contribution in [1.29, 1.82) is 0 Å². The average molecular weight is 333 g/mol. The predicted octanol–water partition coefficient (Wildman–Crippen LogP) is 2.84. The summed E-state index contributed by atoms with van der Waals surface area (Å²) in [7, 11) is 0. The number of thioether (sulfide) groups is 1. The lowest BCUT2D eigenvalue weighted by atomic mass is 10.2. The Morgan fingerprint density at radius 1 is 1.61 bits per heavy atom. The Kier molecular flexibility index (Phi) is 5.61. The zero-order valence-corrected chi connectivity index (χ0v) is 12.4. The molecule has 1 unspecified atom stereocenters. The molecule has 0 heterocycles. The summed E-state index contributed by atoms with van der Waals surface area (Å²) in [5.74, 6) is -0.300. The average Bonchev–Trinajstić information content (AvgIpc) is 2.35. The molecule has 1 aromatic carbocycles. The SMILES string of the molecule is CSC(C)CNC(=O)c1ccc(Br)c([N+](=O)[O-])c1. The van der Waals surface area contributed by atoms with Crippen molar-refractivity contribution < 1.29 is 9.72 Å². The van der Waals surface area contributed by atoms with Crippen LogP contribution in [0.25, 0.3) is 0 Å². The normalized spacial score (nSPS) is 11.9. The number of carbonyl (C=O) groups is 1. The summed E-state index contributed by atoms with van der Waals surface area (Å²) in [6.45, 7) is 2.53. The van der Waals surface area contributed by atoms with E-state index in [1.165, 1.54) is 12.1 Å². The molecular weight excluding hydrogens is 320 g/mol. The van der Waals surface area contributed by atoms with Gasteiger partial charge in [-0.15, -0.1) is 0 Å². The quantitative estimate of drug-likeness (QED) is 0.664. The number of nitrogens with zero attached hydrogens (tertiary/aromatic N) is 1. The van der Waals surface area contributed by atoms with Gasteiger partial charge in [0.15, 0.2) is 0 Å². The van der Waals surface area contributed by atoms with Crippen molar-refractivity contribution >= 4 is 39.3 Å². The van der Waals surface area contributed by atoms with Crippen molar-refractivity contribution in [2.45, 2.75) is 12.2 Å². The summed E-state index contributed by atoms with van der Waals surface area (Å²) in [5.41, 5.74) is 0.179. The molecule has 1 atom stereocenters. The Hall–Kier alpha value is -1.08. The van der Waals surface area contributed by atoms with Crippen LogP contribution >= 0.6 is 27.7 Å². The van der Waals surface area contributed by atoms with Crippen molar-refractivity contribution in [3.63, 3.8) is 0 Å². The van der Waals surface area contributed by atoms with Crippen molar-refractivity contribution in [1.82, 2.24) is 5.32 Å². The second kappa shape index (κ2) is 6.75. The third-order valence-corrected chi connectivity index (χ3v) is 4.00. The van der Waals surface area contributed by atoms with Crippen molar-refractivity contribution in [2.24, 2.45) is 0 Å². The molecule has 0 bridgehead atoms. The molecule has 0 aliphatic heterocycles. The lowest BCUT2D eigenvalue weighted by Crippen LogP contribution is -2.29. The van der Waals surface area contributed by atoms with Gasteiger partial charge < -0.3 is 5.32 Å². The topological polar surface area (TPSA) is 72.2 Å². The highest BCUT2D eigenvalue weighted by Crippen LogP contribution is 2.25. The molecule has 0 aliphatic rings. The summed E-state index contributed by atoms with van der Waals surface area (Å²) >= 11 is 4.72. The second-order valence-electron chi connectivity index (χ2n) is 3.68. The number of rotatable bonds is 5. The molecule has 0 saturated heterocycles. The predicted molar refractivity (Wildman–Crippen MR) is 76.1 cm³/mol. The van der Waals surface area contributed by atoms with E-state index < -0.39 is 4.92 Å². The number of hydrogen-bond acceptors (Lipinski definition) is 4. The summed E-state index contributed by atoms with van der Waals surface area (Å²) in [4.78, 5) is 22.0. The minimum Gasteiger partial charge on any atom is -0.351 e. The summed E-state index contributed by atoms with van der Waals surface area (Å²) in [6, 6.07) is 4.32. The van der Waals surface area contributed by atoms with Gasteiger partial charge in [0.1, 0.15) is 0 Å². The van der Waals surface area contributed by atoms with Gasteiger partial charge in [0.25, 0.3) is 11.6 Å². The molecule has 1 N–H and O–H groups in total. The van der Waals surface area contributed by atoms with E-state index in [9.17, 15) is 14.9 Å². The van der Waals surface area contributed by atoms with Gasteiger partial charge in [0.2, 0.25) is 0 Å². The van der Waals surface area contributed by atoms with Gasteiger partial charge in [0, 0.05) is 23.4 Å². The van der Waals surface area contributed by atoms with E-state index in [0.717, 1.165) is 0 Å². The minimum absolute atomic E-state index is 0.111. The molecule has 5 nitrogen and oxygen atoms in total. The fraction of sp³-hybridized carbons (Fsp3) is 0.364. The Bertz CT molecular complexity index is 468. The first-order valence-corrected chi connectivity index (χ1v) is 7.28. The van der Waals surface area contributed by atoms with E-state index in [4.69, 9.17) is 0 Å². The van der Waals surface area contributed by atoms with E-state index in [1.807, 2.05) is 13.2 Å². The maximum atomic E-state index is 11.8. The van der Waals surface area contributed by atoms with Gasteiger partial charge >= 0.3 is 0 Å². The first kappa shape index (κ1) is 15.0. The first-order chi connectivity index (χ1) is 8.45. The molecule has 0 fully saturated rings. The minimum atomic E-state index is -0.522. The highest BCUT2D eigenvalue weighted by Gasteiger charge is 2.16. The van der Waals surface area contributed by atoms with Gasteiger partial charge in [-0.3, -0.25) is 14.9 Å². The molecule has 0 aromatic heterocycles. The van der Waals surface area contributed by atoms with E-state index >= 15 is 0 Å². The molecule has 1 aromatic rings. The third kappa shape index (κ3) is 3.99. The highest BCUT2D eigenvalue weighted by molar-refractivity contribution is 9.10. The van der Waals surface area contributed by atoms with Crippen LogP contribution in [-0.4, -0.2) is 28.9 Å². The second-order valence-corrected chi connectivity index (χ2v) is 5.81. The van der Waals surface area contributed by atoms with E-state index in [2.05, 4.69) is 21.2 Å². The Morgan fingerprint density at radius 2 is 2.28 bits per heavy atom. The Labute approximate surface area is 118 Å². The van der Waals surface area contributed by atoms with Gasteiger partial charge in [-0.1, -0.05) is 6.92 Å². The summed E-state index contributed by atoms with van der Waals surface area (Å²) in [5, 5.41) is 13.8.